The molecule has 5 nitrogen and oxygen atoms in total. The van der Waals surface area contributed by atoms with Gasteiger partial charge in [-0.25, -0.2) is 13.8 Å². The van der Waals surface area contributed by atoms with Gasteiger partial charge in [0.15, 0.2) is 16.6 Å². The molecule has 2 heterocycles. The zero-order valence-corrected chi connectivity index (χ0v) is 14.1. The molecule has 1 aromatic heterocycles. The van der Waals surface area contributed by atoms with Gasteiger partial charge in [-0.2, -0.15) is 0 Å². The van der Waals surface area contributed by atoms with E-state index in [1.807, 2.05) is 0 Å². The summed E-state index contributed by atoms with van der Waals surface area (Å²) in [7, 11) is 0. The number of aromatic nitrogens is 1. The summed E-state index contributed by atoms with van der Waals surface area (Å²) in [6.45, 7) is 0.900. The molecule has 1 N–H and O–H groups in total. The number of thiazole rings is 1. The number of benzene rings is 2. The average Bonchev–Trinajstić information content (AvgIpc) is 3.09. The molecule has 26 heavy (non-hydrogen) atoms. The van der Waals surface area contributed by atoms with Crippen molar-refractivity contribution in [2.24, 2.45) is 0 Å². The predicted octanol–water partition coefficient (Wildman–Crippen LogP) is 4.11. The molecule has 8 heteroatoms. The summed E-state index contributed by atoms with van der Waals surface area (Å²) in [6, 6.07) is 8.15. The molecule has 1 aliphatic rings. The molecule has 0 spiro atoms. The van der Waals surface area contributed by atoms with Crippen molar-refractivity contribution in [1.82, 2.24) is 4.98 Å². The lowest BCUT2D eigenvalue weighted by molar-refractivity contribution is 0.102. The van der Waals surface area contributed by atoms with Crippen LogP contribution in [0, 0.1) is 11.6 Å². The molecule has 132 valence electrons. The van der Waals surface area contributed by atoms with Gasteiger partial charge in [-0.05, 0) is 30.3 Å². The molecule has 3 aromatic rings. The number of nitrogens with one attached hydrogen (secondary N) is 1. The Morgan fingerprint density at radius 1 is 1.08 bits per heavy atom. The van der Waals surface area contributed by atoms with E-state index >= 15 is 0 Å². The lowest BCUT2D eigenvalue weighted by atomic mass is 10.1. The number of hydrogen-bond acceptors (Lipinski definition) is 5. The number of anilines is 1. The number of nitrogens with zero attached hydrogens (tertiary/aromatic N) is 1. The Morgan fingerprint density at radius 3 is 2.69 bits per heavy atom. The van der Waals surface area contributed by atoms with Crippen LogP contribution in [0.2, 0.25) is 0 Å². The minimum absolute atomic E-state index is 0.169. The number of fused-ring (bicyclic) bond motifs is 1. The van der Waals surface area contributed by atoms with Gasteiger partial charge in [0.05, 0.1) is 5.69 Å². The van der Waals surface area contributed by atoms with E-state index in [1.54, 1.807) is 23.6 Å². The fraction of sp³-hybridized carbons (Fsp3) is 0.111. The minimum Gasteiger partial charge on any atom is -0.486 e. The third kappa shape index (κ3) is 3.23. The molecule has 2 aromatic carbocycles. The number of ether oxygens (including phenoxy) is 2. The normalized spacial score (nSPS) is 12.7. The van der Waals surface area contributed by atoms with Gasteiger partial charge >= 0.3 is 0 Å². The molecule has 0 bridgehead atoms. The molecule has 0 aliphatic carbocycles. The first-order valence-corrected chi connectivity index (χ1v) is 8.60. The Balaban J connectivity index is 1.53. The van der Waals surface area contributed by atoms with Gasteiger partial charge in [0.1, 0.15) is 24.8 Å². The summed E-state index contributed by atoms with van der Waals surface area (Å²) >= 11 is 1.15. The monoisotopic (exact) mass is 374 g/mol. The Bertz CT molecular complexity index is 990. The topological polar surface area (TPSA) is 60.5 Å². The van der Waals surface area contributed by atoms with Crippen molar-refractivity contribution in [1.29, 1.82) is 0 Å². The van der Waals surface area contributed by atoms with Crippen molar-refractivity contribution in [2.75, 3.05) is 18.5 Å². The van der Waals surface area contributed by atoms with Gasteiger partial charge in [-0.15, -0.1) is 11.3 Å². The van der Waals surface area contributed by atoms with E-state index in [0.717, 1.165) is 23.5 Å². The molecule has 0 unspecified atom stereocenters. The van der Waals surface area contributed by atoms with E-state index in [-0.39, 0.29) is 11.5 Å². The fourth-order valence-corrected chi connectivity index (χ4v) is 3.21. The van der Waals surface area contributed by atoms with Crippen molar-refractivity contribution < 1.29 is 23.0 Å². The van der Waals surface area contributed by atoms with E-state index in [2.05, 4.69) is 10.3 Å². The predicted molar refractivity (Wildman–Crippen MR) is 92.9 cm³/mol. The number of hydrogen-bond donors (Lipinski definition) is 1. The summed E-state index contributed by atoms with van der Waals surface area (Å²) in [4.78, 5) is 16.6. The van der Waals surface area contributed by atoms with E-state index in [4.69, 9.17) is 9.47 Å². The van der Waals surface area contributed by atoms with Crippen molar-refractivity contribution in [3.8, 4) is 22.8 Å². The number of carbonyl (C=O) groups excluding carboxylic acids is 1. The highest BCUT2D eigenvalue weighted by molar-refractivity contribution is 7.14. The van der Waals surface area contributed by atoms with Crippen molar-refractivity contribution in [3.05, 3.63) is 59.0 Å². The SMILES string of the molecule is O=C(Nc1nc(-c2ccc(F)cc2F)cs1)c1ccc2c(c1)OCCO2. The van der Waals surface area contributed by atoms with Crippen LogP contribution in [0.3, 0.4) is 0 Å². The van der Waals surface area contributed by atoms with E-state index in [1.165, 1.54) is 6.07 Å². The molecule has 1 aliphatic heterocycles. The van der Waals surface area contributed by atoms with Gasteiger partial charge in [0, 0.05) is 22.6 Å². The summed E-state index contributed by atoms with van der Waals surface area (Å²) < 4.78 is 37.7. The maximum atomic E-state index is 13.8. The second-order valence-corrected chi connectivity index (χ2v) is 6.33. The Labute approximate surface area is 151 Å². The van der Waals surface area contributed by atoms with Crippen molar-refractivity contribution in [3.63, 3.8) is 0 Å². The average molecular weight is 374 g/mol. The van der Waals surface area contributed by atoms with Crippen molar-refractivity contribution >= 4 is 22.4 Å². The van der Waals surface area contributed by atoms with Gasteiger partial charge < -0.3 is 9.47 Å². The number of amides is 1. The summed E-state index contributed by atoms with van der Waals surface area (Å²) in [6.07, 6.45) is 0. The van der Waals surface area contributed by atoms with Crippen LogP contribution >= 0.6 is 11.3 Å². The maximum Gasteiger partial charge on any atom is 0.257 e. The Morgan fingerprint density at radius 2 is 1.88 bits per heavy atom. The maximum absolute atomic E-state index is 13.8. The fourth-order valence-electron chi connectivity index (χ4n) is 2.51. The van der Waals surface area contributed by atoms with Crippen LogP contribution in [0.5, 0.6) is 11.5 Å². The lowest BCUT2D eigenvalue weighted by Crippen LogP contribution is -2.17. The number of halogens is 2. The smallest absolute Gasteiger partial charge is 0.257 e. The van der Waals surface area contributed by atoms with Crippen LogP contribution in [0.25, 0.3) is 11.3 Å². The lowest BCUT2D eigenvalue weighted by Gasteiger charge is -2.18. The Kier molecular flexibility index (Phi) is 4.26. The molecule has 1 amide bonds. The first-order chi connectivity index (χ1) is 12.6. The summed E-state index contributed by atoms with van der Waals surface area (Å²) in [5, 5.41) is 4.56. The minimum atomic E-state index is -0.708. The second kappa shape index (κ2) is 6.72. The first kappa shape index (κ1) is 16.5. The molecule has 0 fully saturated rings. The summed E-state index contributed by atoms with van der Waals surface area (Å²) in [5.41, 5.74) is 0.881. The zero-order valence-electron chi connectivity index (χ0n) is 13.3. The molecule has 0 atom stereocenters. The molecule has 0 saturated heterocycles. The number of carbonyl (C=O) groups is 1. The zero-order chi connectivity index (χ0) is 18.1. The molecule has 0 radical (unpaired) electrons. The largest absolute Gasteiger partial charge is 0.486 e. The first-order valence-electron chi connectivity index (χ1n) is 7.72. The van der Waals surface area contributed by atoms with E-state index in [0.29, 0.717) is 41.1 Å². The highest BCUT2D eigenvalue weighted by Crippen LogP contribution is 2.31. The third-order valence-electron chi connectivity index (χ3n) is 3.74. The highest BCUT2D eigenvalue weighted by Gasteiger charge is 2.17. The van der Waals surface area contributed by atoms with Crippen LogP contribution in [-0.2, 0) is 0 Å². The van der Waals surface area contributed by atoms with Crippen LogP contribution in [-0.4, -0.2) is 24.1 Å². The van der Waals surface area contributed by atoms with Crippen molar-refractivity contribution in [2.45, 2.75) is 0 Å². The quantitative estimate of drug-likeness (QED) is 0.749. The van der Waals surface area contributed by atoms with Crippen LogP contribution in [0.15, 0.2) is 41.8 Å². The standard InChI is InChI=1S/C18H12F2N2O3S/c19-11-2-3-12(13(20)8-11)14-9-26-18(21-14)22-17(23)10-1-4-15-16(7-10)25-6-5-24-15/h1-4,7-9H,5-6H2,(H,21,22,23). The Hall–Kier alpha value is -3.00. The number of rotatable bonds is 3. The highest BCUT2D eigenvalue weighted by atomic mass is 32.1. The van der Waals surface area contributed by atoms with Crippen LogP contribution in [0.4, 0.5) is 13.9 Å². The van der Waals surface area contributed by atoms with Crippen LogP contribution < -0.4 is 14.8 Å². The molecular formula is C18H12F2N2O3S. The molecule has 0 saturated carbocycles. The van der Waals surface area contributed by atoms with Crippen LogP contribution in [0.1, 0.15) is 10.4 Å². The molecule has 4 rings (SSSR count). The third-order valence-corrected chi connectivity index (χ3v) is 4.49. The van der Waals surface area contributed by atoms with Gasteiger partial charge in [0.2, 0.25) is 0 Å². The van der Waals surface area contributed by atoms with E-state index in [9.17, 15) is 13.6 Å². The van der Waals surface area contributed by atoms with E-state index < -0.39 is 11.6 Å². The van der Waals surface area contributed by atoms with Gasteiger partial charge in [-0.1, -0.05) is 0 Å². The van der Waals surface area contributed by atoms with Gasteiger partial charge in [-0.3, -0.25) is 10.1 Å². The summed E-state index contributed by atoms with van der Waals surface area (Å²) in [5.74, 6) is -0.635. The second-order valence-electron chi connectivity index (χ2n) is 5.47. The van der Waals surface area contributed by atoms with Gasteiger partial charge in [0.25, 0.3) is 5.91 Å². The molecular weight excluding hydrogens is 362 g/mol.